The summed E-state index contributed by atoms with van der Waals surface area (Å²) < 4.78 is 18.2. The van der Waals surface area contributed by atoms with Gasteiger partial charge < -0.3 is 15.4 Å². The number of amides is 1. The molecule has 0 aliphatic carbocycles. The molecule has 6 heteroatoms. The van der Waals surface area contributed by atoms with E-state index in [2.05, 4.69) is 10.6 Å². The van der Waals surface area contributed by atoms with Crippen LogP contribution in [0.2, 0.25) is 5.02 Å². The van der Waals surface area contributed by atoms with Crippen molar-refractivity contribution in [3.63, 3.8) is 0 Å². The van der Waals surface area contributed by atoms with Crippen LogP contribution in [0.15, 0.2) is 72.8 Å². The highest BCUT2D eigenvalue weighted by molar-refractivity contribution is 6.32. The Kier molecular flexibility index (Phi) is 5.94. The first-order valence-electron chi connectivity index (χ1n) is 8.28. The molecule has 3 rings (SSSR count). The maximum Gasteiger partial charge on any atom is 0.251 e. The number of halogens is 2. The van der Waals surface area contributed by atoms with E-state index in [0.717, 1.165) is 5.56 Å². The molecule has 27 heavy (non-hydrogen) atoms. The van der Waals surface area contributed by atoms with Crippen LogP contribution in [0.1, 0.15) is 11.6 Å². The van der Waals surface area contributed by atoms with Crippen molar-refractivity contribution in [1.82, 2.24) is 0 Å². The van der Waals surface area contributed by atoms with Gasteiger partial charge in [0.2, 0.25) is 0 Å². The normalized spacial score (nSPS) is 11.5. The summed E-state index contributed by atoms with van der Waals surface area (Å²) in [7, 11) is 1.54. The number of ether oxygens (including phenoxy) is 1. The van der Waals surface area contributed by atoms with Crippen LogP contribution >= 0.6 is 11.6 Å². The summed E-state index contributed by atoms with van der Waals surface area (Å²) in [5, 5.41) is 6.43. The quantitative estimate of drug-likeness (QED) is 0.608. The average Bonchev–Trinajstić information content (AvgIpc) is 2.68. The Labute approximate surface area is 161 Å². The predicted octanol–water partition coefficient (Wildman–Crippen LogP) is 5.28. The Morgan fingerprint density at radius 3 is 2.30 bits per heavy atom. The molecule has 0 aromatic heterocycles. The third-order valence-corrected chi connectivity index (χ3v) is 4.27. The van der Waals surface area contributed by atoms with Crippen LogP contribution in [-0.2, 0) is 4.79 Å². The monoisotopic (exact) mass is 384 g/mol. The van der Waals surface area contributed by atoms with Gasteiger partial charge >= 0.3 is 0 Å². The summed E-state index contributed by atoms with van der Waals surface area (Å²) in [6.45, 7) is 0. The number of benzene rings is 3. The minimum absolute atomic E-state index is 0.278. The molecule has 0 unspecified atom stereocenters. The Hall–Kier alpha value is -3.05. The number of carbonyl (C=O) groups is 1. The zero-order chi connectivity index (χ0) is 19.2. The van der Waals surface area contributed by atoms with Crippen LogP contribution in [0.5, 0.6) is 5.75 Å². The number of methoxy groups -OCH3 is 1. The van der Waals surface area contributed by atoms with Crippen molar-refractivity contribution in [2.24, 2.45) is 0 Å². The molecule has 1 amide bonds. The maximum atomic E-state index is 13.1. The van der Waals surface area contributed by atoms with Crippen molar-refractivity contribution < 1.29 is 13.9 Å². The second-order valence-electron chi connectivity index (χ2n) is 5.83. The van der Waals surface area contributed by atoms with Gasteiger partial charge in [0, 0.05) is 11.4 Å². The van der Waals surface area contributed by atoms with Gasteiger partial charge in [0.15, 0.2) is 0 Å². The zero-order valence-electron chi connectivity index (χ0n) is 14.6. The average molecular weight is 385 g/mol. The molecular weight excluding hydrogens is 367 g/mol. The Morgan fingerprint density at radius 1 is 1.00 bits per heavy atom. The first kappa shape index (κ1) is 18.7. The van der Waals surface area contributed by atoms with E-state index in [0.29, 0.717) is 22.1 Å². The molecule has 0 aliphatic rings. The van der Waals surface area contributed by atoms with E-state index in [1.807, 2.05) is 30.3 Å². The molecule has 2 N–H and O–H groups in total. The second kappa shape index (κ2) is 8.56. The molecule has 4 nitrogen and oxygen atoms in total. The van der Waals surface area contributed by atoms with Gasteiger partial charge in [-0.1, -0.05) is 41.9 Å². The van der Waals surface area contributed by atoms with E-state index in [1.54, 1.807) is 18.2 Å². The molecule has 0 radical (unpaired) electrons. The first-order valence-corrected chi connectivity index (χ1v) is 8.66. The van der Waals surface area contributed by atoms with Gasteiger partial charge in [0.1, 0.15) is 17.6 Å². The lowest BCUT2D eigenvalue weighted by molar-refractivity contribution is -0.117. The van der Waals surface area contributed by atoms with E-state index >= 15 is 0 Å². The Balaban J connectivity index is 1.86. The van der Waals surface area contributed by atoms with Gasteiger partial charge in [0.05, 0.1) is 12.1 Å². The molecule has 0 bridgehead atoms. The molecule has 138 valence electrons. The minimum Gasteiger partial charge on any atom is -0.495 e. The highest BCUT2D eigenvalue weighted by Crippen LogP contribution is 2.29. The molecule has 0 saturated carbocycles. The zero-order valence-corrected chi connectivity index (χ0v) is 15.3. The highest BCUT2D eigenvalue weighted by Gasteiger charge is 2.21. The molecule has 0 fully saturated rings. The Morgan fingerprint density at radius 2 is 1.67 bits per heavy atom. The first-order chi connectivity index (χ1) is 13.1. The molecule has 0 spiro atoms. The molecule has 0 heterocycles. The van der Waals surface area contributed by atoms with Crippen molar-refractivity contribution in [2.75, 3.05) is 17.7 Å². The molecular formula is C21H18ClFN2O2. The fourth-order valence-corrected chi connectivity index (χ4v) is 2.87. The molecule has 0 aliphatic heterocycles. The predicted molar refractivity (Wildman–Crippen MR) is 106 cm³/mol. The SMILES string of the molecule is COc1ccc(N[C@H](C(=O)Nc2ccc(F)cc2)c2ccccc2)cc1Cl. The van der Waals surface area contributed by atoms with Gasteiger partial charge in [-0.25, -0.2) is 4.39 Å². The fourth-order valence-electron chi connectivity index (χ4n) is 2.62. The lowest BCUT2D eigenvalue weighted by Gasteiger charge is -2.20. The van der Waals surface area contributed by atoms with E-state index in [-0.39, 0.29) is 11.7 Å². The van der Waals surface area contributed by atoms with Crippen molar-refractivity contribution in [1.29, 1.82) is 0 Å². The van der Waals surface area contributed by atoms with E-state index in [4.69, 9.17) is 16.3 Å². The summed E-state index contributed by atoms with van der Waals surface area (Å²) in [6.07, 6.45) is 0. The lowest BCUT2D eigenvalue weighted by atomic mass is 10.1. The van der Waals surface area contributed by atoms with Crippen LogP contribution in [-0.4, -0.2) is 13.0 Å². The summed E-state index contributed by atoms with van der Waals surface area (Å²) in [5.41, 5.74) is 1.96. The van der Waals surface area contributed by atoms with Gasteiger partial charge in [0.25, 0.3) is 5.91 Å². The van der Waals surface area contributed by atoms with Crippen molar-refractivity contribution in [2.45, 2.75) is 6.04 Å². The maximum absolute atomic E-state index is 13.1. The van der Waals surface area contributed by atoms with Gasteiger partial charge in [-0.05, 0) is 48.0 Å². The summed E-state index contributed by atoms with van der Waals surface area (Å²) >= 11 is 6.18. The number of nitrogens with one attached hydrogen (secondary N) is 2. The third kappa shape index (κ3) is 4.77. The summed E-state index contributed by atoms with van der Waals surface area (Å²) in [6, 6.07) is 19.5. The number of anilines is 2. The van der Waals surface area contributed by atoms with Gasteiger partial charge in [-0.2, -0.15) is 0 Å². The van der Waals surface area contributed by atoms with Crippen molar-refractivity contribution in [3.8, 4) is 5.75 Å². The van der Waals surface area contributed by atoms with Crippen LogP contribution in [0.25, 0.3) is 0 Å². The lowest BCUT2D eigenvalue weighted by Crippen LogP contribution is -2.27. The largest absolute Gasteiger partial charge is 0.495 e. The van der Waals surface area contributed by atoms with Crippen LogP contribution in [0.3, 0.4) is 0 Å². The topological polar surface area (TPSA) is 50.4 Å². The summed E-state index contributed by atoms with van der Waals surface area (Å²) in [4.78, 5) is 12.9. The number of hydrogen-bond donors (Lipinski definition) is 2. The van der Waals surface area contributed by atoms with Crippen molar-refractivity contribution in [3.05, 3.63) is 89.2 Å². The molecule has 0 saturated heterocycles. The van der Waals surface area contributed by atoms with Crippen LogP contribution in [0, 0.1) is 5.82 Å². The van der Waals surface area contributed by atoms with Crippen LogP contribution < -0.4 is 15.4 Å². The fraction of sp³-hybridized carbons (Fsp3) is 0.0952. The Bertz CT molecular complexity index is 917. The number of carbonyl (C=O) groups excluding carboxylic acids is 1. The minimum atomic E-state index is -0.666. The number of rotatable bonds is 6. The van der Waals surface area contributed by atoms with Gasteiger partial charge in [-0.3, -0.25) is 4.79 Å². The van der Waals surface area contributed by atoms with E-state index in [1.165, 1.54) is 31.4 Å². The standard InChI is InChI=1S/C21H18ClFN2O2/c1-27-19-12-11-17(13-18(19)22)24-20(14-5-3-2-4-6-14)21(26)25-16-9-7-15(23)8-10-16/h2-13,20,24H,1H3,(H,25,26)/t20-/m0/s1. The molecule has 3 aromatic carbocycles. The third-order valence-electron chi connectivity index (χ3n) is 3.97. The highest BCUT2D eigenvalue weighted by atomic mass is 35.5. The van der Waals surface area contributed by atoms with Gasteiger partial charge in [-0.15, -0.1) is 0 Å². The smallest absolute Gasteiger partial charge is 0.251 e. The van der Waals surface area contributed by atoms with E-state index < -0.39 is 6.04 Å². The van der Waals surface area contributed by atoms with Crippen molar-refractivity contribution >= 4 is 28.9 Å². The van der Waals surface area contributed by atoms with Crippen LogP contribution in [0.4, 0.5) is 15.8 Å². The second-order valence-corrected chi connectivity index (χ2v) is 6.24. The van der Waals surface area contributed by atoms with E-state index in [9.17, 15) is 9.18 Å². The summed E-state index contributed by atoms with van der Waals surface area (Å²) in [5.74, 6) is -0.0902. The number of hydrogen-bond acceptors (Lipinski definition) is 3. The molecule has 1 atom stereocenters. The molecule has 3 aromatic rings.